The summed E-state index contributed by atoms with van der Waals surface area (Å²) in [5, 5.41) is 19.8. The van der Waals surface area contributed by atoms with Crippen molar-refractivity contribution in [3.05, 3.63) is 57.1 Å². The molecular weight excluding hydrogens is 360 g/mol. The van der Waals surface area contributed by atoms with Crippen molar-refractivity contribution in [1.29, 1.82) is 0 Å². The number of carbonyl (C=O) groups excluding carboxylic acids is 1. The van der Waals surface area contributed by atoms with Crippen LogP contribution in [-0.4, -0.2) is 22.6 Å². The SMILES string of the molecule is CCOc1cc(C=C2Cc3c(O)cccc3C2=O)cc(Br)c1O. The minimum Gasteiger partial charge on any atom is -0.508 e. The van der Waals surface area contributed by atoms with Crippen LogP contribution in [0.1, 0.15) is 28.4 Å². The number of hydrogen-bond donors (Lipinski definition) is 2. The van der Waals surface area contributed by atoms with Crippen molar-refractivity contribution in [3.8, 4) is 17.2 Å². The van der Waals surface area contributed by atoms with E-state index in [1.807, 2.05) is 6.92 Å². The zero-order valence-electron chi connectivity index (χ0n) is 12.5. The maximum Gasteiger partial charge on any atom is 0.189 e. The number of allylic oxidation sites excluding steroid dienone is 1. The first-order valence-electron chi connectivity index (χ1n) is 7.22. The van der Waals surface area contributed by atoms with Gasteiger partial charge in [-0.05, 0) is 52.7 Å². The number of benzene rings is 2. The summed E-state index contributed by atoms with van der Waals surface area (Å²) in [4.78, 5) is 12.4. The van der Waals surface area contributed by atoms with E-state index >= 15 is 0 Å². The molecule has 0 bridgehead atoms. The molecule has 0 aromatic heterocycles. The molecule has 0 unspecified atom stereocenters. The van der Waals surface area contributed by atoms with Gasteiger partial charge in [0.25, 0.3) is 0 Å². The normalized spacial score (nSPS) is 15.0. The summed E-state index contributed by atoms with van der Waals surface area (Å²) in [6.45, 7) is 2.26. The molecule has 118 valence electrons. The Hall–Kier alpha value is -2.27. The highest BCUT2D eigenvalue weighted by atomic mass is 79.9. The van der Waals surface area contributed by atoms with Crippen molar-refractivity contribution in [1.82, 2.24) is 0 Å². The number of phenolic OH excluding ortho intramolecular Hbond substituents is 2. The van der Waals surface area contributed by atoms with Crippen LogP contribution in [0.4, 0.5) is 0 Å². The fraction of sp³-hybridized carbons (Fsp3) is 0.167. The lowest BCUT2D eigenvalue weighted by molar-refractivity contribution is 0.104. The van der Waals surface area contributed by atoms with Crippen LogP contribution in [0.25, 0.3) is 6.08 Å². The van der Waals surface area contributed by atoms with E-state index < -0.39 is 0 Å². The van der Waals surface area contributed by atoms with Crippen LogP contribution in [0.3, 0.4) is 0 Å². The molecule has 1 aliphatic rings. The van der Waals surface area contributed by atoms with E-state index in [2.05, 4.69) is 15.9 Å². The zero-order chi connectivity index (χ0) is 16.6. The van der Waals surface area contributed by atoms with E-state index in [1.54, 1.807) is 36.4 Å². The van der Waals surface area contributed by atoms with Gasteiger partial charge >= 0.3 is 0 Å². The molecule has 2 aromatic rings. The quantitative estimate of drug-likeness (QED) is 0.794. The standard InChI is InChI=1S/C18H15BrO4/c1-2-23-16-8-10(7-14(19)18(16)22)6-11-9-13-12(17(11)21)4-3-5-15(13)20/h3-8,20,22H,2,9H2,1H3. The molecule has 2 aromatic carbocycles. The van der Waals surface area contributed by atoms with Crippen molar-refractivity contribution in [2.24, 2.45) is 0 Å². The molecule has 23 heavy (non-hydrogen) atoms. The third kappa shape index (κ3) is 2.84. The number of halogens is 1. The second-order valence-corrected chi connectivity index (χ2v) is 6.12. The topological polar surface area (TPSA) is 66.8 Å². The average molecular weight is 375 g/mol. The van der Waals surface area contributed by atoms with Crippen LogP contribution in [0, 0.1) is 0 Å². The molecule has 0 saturated carbocycles. The average Bonchev–Trinajstić information content (AvgIpc) is 2.83. The van der Waals surface area contributed by atoms with Crippen LogP contribution in [-0.2, 0) is 6.42 Å². The molecule has 0 fully saturated rings. The largest absolute Gasteiger partial charge is 0.508 e. The van der Waals surface area contributed by atoms with Gasteiger partial charge in [0, 0.05) is 23.1 Å². The van der Waals surface area contributed by atoms with Crippen LogP contribution in [0.5, 0.6) is 17.2 Å². The summed E-state index contributed by atoms with van der Waals surface area (Å²) in [6, 6.07) is 8.38. The number of ether oxygens (including phenoxy) is 1. The number of ketones is 1. The summed E-state index contributed by atoms with van der Waals surface area (Å²) < 4.78 is 5.90. The number of carbonyl (C=O) groups is 1. The Kier molecular flexibility index (Phi) is 4.13. The summed E-state index contributed by atoms with van der Waals surface area (Å²) in [6.07, 6.45) is 2.15. The molecule has 0 spiro atoms. The Morgan fingerprint density at radius 1 is 1.30 bits per heavy atom. The van der Waals surface area contributed by atoms with Crippen LogP contribution < -0.4 is 4.74 Å². The summed E-state index contributed by atoms with van der Waals surface area (Å²) in [5.41, 5.74) is 2.54. The van der Waals surface area contributed by atoms with E-state index in [0.717, 1.165) is 5.56 Å². The second kappa shape index (κ2) is 6.08. The van der Waals surface area contributed by atoms with E-state index in [1.165, 1.54) is 0 Å². The van der Waals surface area contributed by atoms with E-state index in [9.17, 15) is 15.0 Å². The van der Waals surface area contributed by atoms with Gasteiger partial charge in [0.05, 0.1) is 11.1 Å². The lowest BCUT2D eigenvalue weighted by Gasteiger charge is -2.09. The molecule has 2 N–H and O–H groups in total. The van der Waals surface area contributed by atoms with Crippen molar-refractivity contribution in [3.63, 3.8) is 0 Å². The van der Waals surface area contributed by atoms with Gasteiger partial charge in [0.2, 0.25) is 0 Å². The first-order chi connectivity index (χ1) is 11.0. The van der Waals surface area contributed by atoms with Gasteiger partial charge in [0.15, 0.2) is 17.3 Å². The molecule has 0 atom stereocenters. The summed E-state index contributed by atoms with van der Waals surface area (Å²) in [7, 11) is 0. The van der Waals surface area contributed by atoms with Gasteiger partial charge in [-0.3, -0.25) is 4.79 Å². The molecule has 4 nitrogen and oxygen atoms in total. The number of Topliss-reactive ketones (excluding diaryl/α,β-unsaturated/α-hetero) is 1. The Labute approximate surface area is 142 Å². The Balaban J connectivity index is 2.01. The fourth-order valence-electron chi connectivity index (χ4n) is 2.68. The molecule has 0 heterocycles. The zero-order valence-corrected chi connectivity index (χ0v) is 14.1. The lowest BCUT2D eigenvalue weighted by atomic mass is 10.1. The van der Waals surface area contributed by atoms with Gasteiger partial charge < -0.3 is 14.9 Å². The van der Waals surface area contributed by atoms with Crippen molar-refractivity contribution in [2.45, 2.75) is 13.3 Å². The highest BCUT2D eigenvalue weighted by Crippen LogP contribution is 2.38. The molecular formula is C18H15BrO4. The number of phenols is 2. The minimum atomic E-state index is -0.0851. The molecule has 0 amide bonds. The number of fused-ring (bicyclic) bond motifs is 1. The fourth-order valence-corrected chi connectivity index (χ4v) is 3.14. The molecule has 0 saturated heterocycles. The second-order valence-electron chi connectivity index (χ2n) is 5.26. The Morgan fingerprint density at radius 2 is 2.09 bits per heavy atom. The van der Waals surface area contributed by atoms with E-state index in [-0.39, 0.29) is 17.3 Å². The van der Waals surface area contributed by atoms with Gasteiger partial charge in [-0.15, -0.1) is 0 Å². The van der Waals surface area contributed by atoms with Crippen LogP contribution >= 0.6 is 15.9 Å². The van der Waals surface area contributed by atoms with Gasteiger partial charge in [-0.25, -0.2) is 0 Å². The van der Waals surface area contributed by atoms with Gasteiger partial charge in [-0.1, -0.05) is 12.1 Å². The maximum atomic E-state index is 12.4. The smallest absolute Gasteiger partial charge is 0.189 e. The maximum absolute atomic E-state index is 12.4. The third-order valence-electron chi connectivity index (χ3n) is 3.75. The van der Waals surface area contributed by atoms with Crippen molar-refractivity contribution >= 4 is 27.8 Å². The Morgan fingerprint density at radius 3 is 2.78 bits per heavy atom. The molecule has 0 radical (unpaired) electrons. The van der Waals surface area contributed by atoms with E-state index in [4.69, 9.17) is 4.74 Å². The van der Waals surface area contributed by atoms with Crippen LogP contribution in [0.15, 0.2) is 40.4 Å². The number of rotatable bonds is 3. The monoisotopic (exact) mass is 374 g/mol. The molecule has 1 aliphatic carbocycles. The first-order valence-corrected chi connectivity index (χ1v) is 8.02. The number of hydrogen-bond acceptors (Lipinski definition) is 4. The first kappa shape index (κ1) is 15.6. The highest BCUT2D eigenvalue weighted by Gasteiger charge is 2.27. The molecule has 5 heteroatoms. The molecule has 0 aliphatic heterocycles. The predicted octanol–water partition coefficient (Wildman–Crippen LogP) is 4.08. The van der Waals surface area contributed by atoms with Crippen molar-refractivity contribution < 1.29 is 19.7 Å². The third-order valence-corrected chi connectivity index (χ3v) is 4.35. The highest BCUT2D eigenvalue weighted by molar-refractivity contribution is 9.10. The van der Waals surface area contributed by atoms with Gasteiger partial charge in [-0.2, -0.15) is 0 Å². The number of aromatic hydroxyl groups is 2. The van der Waals surface area contributed by atoms with Crippen LogP contribution in [0.2, 0.25) is 0 Å². The predicted molar refractivity (Wildman–Crippen MR) is 91.1 cm³/mol. The minimum absolute atomic E-state index is 0.0349. The Bertz CT molecular complexity index is 824. The molecule has 3 rings (SSSR count). The lowest BCUT2D eigenvalue weighted by Crippen LogP contribution is -1.96. The van der Waals surface area contributed by atoms with E-state index in [0.29, 0.717) is 39.9 Å². The summed E-state index contributed by atoms with van der Waals surface area (Å²) in [5.74, 6) is 0.450. The summed E-state index contributed by atoms with van der Waals surface area (Å²) >= 11 is 3.29. The van der Waals surface area contributed by atoms with Crippen molar-refractivity contribution in [2.75, 3.05) is 6.61 Å². The van der Waals surface area contributed by atoms with Gasteiger partial charge in [0.1, 0.15) is 5.75 Å².